The lowest BCUT2D eigenvalue weighted by atomic mass is 10.1. The van der Waals surface area contributed by atoms with Crippen molar-refractivity contribution in [1.82, 2.24) is 4.90 Å². The van der Waals surface area contributed by atoms with Crippen molar-refractivity contribution < 1.29 is 24.2 Å². The molecule has 6 nitrogen and oxygen atoms in total. The number of hydrogen-bond acceptors (Lipinski definition) is 4. The van der Waals surface area contributed by atoms with Crippen LogP contribution >= 0.6 is 0 Å². The van der Waals surface area contributed by atoms with E-state index in [2.05, 4.69) is 0 Å². The summed E-state index contributed by atoms with van der Waals surface area (Å²) in [7, 11) is 1.65. The Labute approximate surface area is 112 Å². The smallest absolute Gasteiger partial charge is 0.332 e. The lowest BCUT2D eigenvalue weighted by molar-refractivity contribution is -0.154. The minimum Gasteiger partial charge on any atom is -0.479 e. The first-order valence-electron chi connectivity index (χ1n) is 6.45. The van der Waals surface area contributed by atoms with Gasteiger partial charge in [-0.05, 0) is 24.8 Å². The van der Waals surface area contributed by atoms with Crippen LogP contribution in [-0.4, -0.2) is 60.9 Å². The molecule has 0 radical (unpaired) electrons. The predicted molar refractivity (Wildman–Crippen MR) is 66.7 cm³/mol. The molecule has 1 fully saturated rings. The molecule has 1 saturated heterocycles. The topological polar surface area (TPSA) is 76.1 Å². The van der Waals surface area contributed by atoms with Gasteiger partial charge in [-0.3, -0.25) is 4.79 Å². The fourth-order valence-corrected chi connectivity index (χ4v) is 2.43. The molecule has 1 amide bonds. The van der Waals surface area contributed by atoms with Crippen molar-refractivity contribution in [1.29, 1.82) is 0 Å². The van der Waals surface area contributed by atoms with Crippen LogP contribution < -0.4 is 0 Å². The molecule has 0 saturated carbocycles. The molecule has 0 bridgehead atoms. The SMILES string of the molecule is COCC1=CCN(C(=O)[C@@H]2CC[C@H](C(=O)O)O2)CC1. The van der Waals surface area contributed by atoms with Crippen LogP contribution in [0.4, 0.5) is 0 Å². The molecular formula is C13H19NO5. The Morgan fingerprint density at radius 2 is 2.21 bits per heavy atom. The van der Waals surface area contributed by atoms with Crippen LogP contribution in [0.5, 0.6) is 0 Å². The van der Waals surface area contributed by atoms with Gasteiger partial charge in [-0.2, -0.15) is 0 Å². The maximum atomic E-state index is 12.2. The Hall–Kier alpha value is -1.40. The molecule has 0 unspecified atom stereocenters. The van der Waals surface area contributed by atoms with Crippen molar-refractivity contribution in [2.75, 3.05) is 26.8 Å². The normalized spacial score (nSPS) is 27.2. The highest BCUT2D eigenvalue weighted by Crippen LogP contribution is 2.23. The molecule has 0 aromatic rings. The zero-order valence-electron chi connectivity index (χ0n) is 11.0. The Bertz CT molecular complexity index is 392. The molecule has 2 aliphatic heterocycles. The van der Waals surface area contributed by atoms with E-state index in [0.29, 0.717) is 32.5 Å². The monoisotopic (exact) mass is 269 g/mol. The molecule has 2 atom stereocenters. The van der Waals surface area contributed by atoms with E-state index in [1.165, 1.54) is 5.57 Å². The number of ether oxygens (including phenoxy) is 2. The van der Waals surface area contributed by atoms with Gasteiger partial charge >= 0.3 is 5.97 Å². The fraction of sp³-hybridized carbons (Fsp3) is 0.692. The van der Waals surface area contributed by atoms with Crippen LogP contribution in [0.2, 0.25) is 0 Å². The van der Waals surface area contributed by atoms with Crippen molar-refractivity contribution in [3.8, 4) is 0 Å². The number of carboxylic acid groups (broad SMARTS) is 1. The van der Waals surface area contributed by atoms with E-state index in [4.69, 9.17) is 14.6 Å². The van der Waals surface area contributed by atoms with Crippen molar-refractivity contribution in [3.63, 3.8) is 0 Å². The minimum absolute atomic E-state index is 0.100. The van der Waals surface area contributed by atoms with E-state index in [9.17, 15) is 9.59 Å². The molecule has 6 heteroatoms. The number of amides is 1. The van der Waals surface area contributed by atoms with Crippen LogP contribution in [-0.2, 0) is 19.1 Å². The van der Waals surface area contributed by atoms with E-state index in [0.717, 1.165) is 6.42 Å². The summed E-state index contributed by atoms with van der Waals surface area (Å²) in [5.74, 6) is -1.09. The highest BCUT2D eigenvalue weighted by molar-refractivity contribution is 5.83. The lowest BCUT2D eigenvalue weighted by Crippen LogP contribution is -2.42. The third-order valence-electron chi connectivity index (χ3n) is 3.52. The van der Waals surface area contributed by atoms with Gasteiger partial charge in [0.1, 0.15) is 6.10 Å². The van der Waals surface area contributed by atoms with Crippen molar-refractivity contribution >= 4 is 11.9 Å². The summed E-state index contributed by atoms with van der Waals surface area (Å²) < 4.78 is 10.3. The van der Waals surface area contributed by atoms with Gasteiger partial charge in [0.05, 0.1) is 6.61 Å². The van der Waals surface area contributed by atoms with Crippen molar-refractivity contribution in [2.45, 2.75) is 31.5 Å². The first kappa shape index (κ1) is 14.0. The number of carboxylic acids is 1. The van der Waals surface area contributed by atoms with E-state index in [-0.39, 0.29) is 5.91 Å². The van der Waals surface area contributed by atoms with E-state index in [1.807, 2.05) is 6.08 Å². The first-order chi connectivity index (χ1) is 9.11. The van der Waals surface area contributed by atoms with Crippen LogP contribution in [0.3, 0.4) is 0 Å². The molecular weight excluding hydrogens is 250 g/mol. The van der Waals surface area contributed by atoms with Gasteiger partial charge in [0.2, 0.25) is 0 Å². The Balaban J connectivity index is 1.87. The van der Waals surface area contributed by atoms with Gasteiger partial charge < -0.3 is 19.5 Å². The number of aliphatic carboxylic acids is 1. The second kappa shape index (κ2) is 6.16. The number of methoxy groups -OCH3 is 1. The van der Waals surface area contributed by atoms with Crippen LogP contribution in [0, 0.1) is 0 Å². The van der Waals surface area contributed by atoms with E-state index in [1.54, 1.807) is 12.0 Å². The molecule has 2 aliphatic rings. The Morgan fingerprint density at radius 3 is 2.74 bits per heavy atom. The molecule has 0 aromatic carbocycles. The standard InChI is InChI=1S/C13H19NO5/c1-18-8-9-4-6-14(7-5-9)12(15)10-2-3-11(19-10)13(16)17/h4,10-11H,2-3,5-8H2,1H3,(H,16,17)/t10-,11+/m0/s1. The quantitative estimate of drug-likeness (QED) is 0.749. The summed E-state index contributed by atoms with van der Waals surface area (Å²) >= 11 is 0. The van der Waals surface area contributed by atoms with Crippen LogP contribution in [0.1, 0.15) is 19.3 Å². The summed E-state index contributed by atoms with van der Waals surface area (Å²) in [6, 6.07) is 0. The summed E-state index contributed by atoms with van der Waals surface area (Å²) in [6.45, 7) is 1.80. The molecule has 19 heavy (non-hydrogen) atoms. The highest BCUT2D eigenvalue weighted by atomic mass is 16.5. The van der Waals surface area contributed by atoms with Crippen molar-refractivity contribution in [2.24, 2.45) is 0 Å². The van der Waals surface area contributed by atoms with Gasteiger partial charge in [-0.15, -0.1) is 0 Å². The van der Waals surface area contributed by atoms with Crippen molar-refractivity contribution in [3.05, 3.63) is 11.6 Å². The van der Waals surface area contributed by atoms with Gasteiger partial charge in [-0.1, -0.05) is 6.08 Å². The first-order valence-corrected chi connectivity index (χ1v) is 6.45. The predicted octanol–water partition coefficient (Wildman–Crippen LogP) is 0.424. The van der Waals surface area contributed by atoms with E-state index >= 15 is 0 Å². The minimum atomic E-state index is -0.990. The summed E-state index contributed by atoms with van der Waals surface area (Å²) in [6.07, 6.45) is 2.26. The van der Waals surface area contributed by atoms with Gasteiger partial charge in [0.25, 0.3) is 5.91 Å². The fourth-order valence-electron chi connectivity index (χ4n) is 2.43. The molecule has 0 aliphatic carbocycles. The zero-order valence-corrected chi connectivity index (χ0v) is 11.0. The Morgan fingerprint density at radius 1 is 1.47 bits per heavy atom. The average molecular weight is 269 g/mol. The van der Waals surface area contributed by atoms with E-state index < -0.39 is 18.2 Å². The molecule has 2 heterocycles. The third kappa shape index (κ3) is 3.33. The zero-order chi connectivity index (χ0) is 13.8. The van der Waals surface area contributed by atoms with Crippen LogP contribution in [0.15, 0.2) is 11.6 Å². The maximum Gasteiger partial charge on any atom is 0.332 e. The largest absolute Gasteiger partial charge is 0.479 e. The molecule has 1 N–H and O–H groups in total. The number of nitrogens with zero attached hydrogens (tertiary/aromatic N) is 1. The average Bonchev–Trinajstić information content (AvgIpc) is 2.89. The summed E-state index contributed by atoms with van der Waals surface area (Å²) in [5.41, 5.74) is 1.20. The van der Waals surface area contributed by atoms with Crippen LogP contribution in [0.25, 0.3) is 0 Å². The molecule has 106 valence electrons. The lowest BCUT2D eigenvalue weighted by Gasteiger charge is -2.28. The van der Waals surface area contributed by atoms with Gasteiger partial charge in [-0.25, -0.2) is 4.79 Å². The third-order valence-corrected chi connectivity index (χ3v) is 3.52. The second-order valence-corrected chi connectivity index (χ2v) is 4.86. The second-order valence-electron chi connectivity index (χ2n) is 4.86. The highest BCUT2D eigenvalue weighted by Gasteiger charge is 2.36. The molecule has 0 spiro atoms. The Kier molecular flexibility index (Phi) is 4.55. The maximum absolute atomic E-state index is 12.2. The molecule has 0 aromatic heterocycles. The summed E-state index contributed by atoms with van der Waals surface area (Å²) in [4.78, 5) is 24.7. The molecule has 2 rings (SSSR count). The number of hydrogen-bond donors (Lipinski definition) is 1. The number of carbonyl (C=O) groups excluding carboxylic acids is 1. The van der Waals surface area contributed by atoms with Gasteiger partial charge in [0.15, 0.2) is 6.10 Å². The number of rotatable bonds is 4. The summed E-state index contributed by atoms with van der Waals surface area (Å²) in [5, 5.41) is 8.84. The number of carbonyl (C=O) groups is 2. The van der Waals surface area contributed by atoms with Gasteiger partial charge in [0, 0.05) is 20.2 Å².